The van der Waals surface area contributed by atoms with Gasteiger partial charge in [-0.05, 0) is 71.1 Å². The van der Waals surface area contributed by atoms with Crippen LogP contribution in [0, 0.1) is 3.57 Å². The number of benzene rings is 2. The Kier molecular flexibility index (Phi) is 4.53. The lowest BCUT2D eigenvalue weighted by Crippen LogP contribution is -2.13. The van der Waals surface area contributed by atoms with Gasteiger partial charge in [-0.25, -0.2) is 0 Å². The fourth-order valence-corrected chi connectivity index (χ4v) is 3.01. The number of carbonyl (C=O) groups is 1. The van der Waals surface area contributed by atoms with Crippen molar-refractivity contribution in [3.8, 4) is 23.1 Å². The molecule has 0 unspecified atom stereocenters. The molecule has 2 aromatic carbocycles. The number of halogens is 1. The molecule has 2 aromatic heterocycles. The summed E-state index contributed by atoms with van der Waals surface area (Å²) in [6, 6.07) is 18.1. The Morgan fingerprint density at radius 3 is 2.42 bits per heavy atom. The van der Waals surface area contributed by atoms with Gasteiger partial charge in [-0.3, -0.25) is 4.79 Å². The Hall–Kier alpha value is -2.94. The third kappa shape index (κ3) is 3.38. The summed E-state index contributed by atoms with van der Waals surface area (Å²) < 4.78 is 11.8. The van der Waals surface area contributed by atoms with E-state index in [9.17, 15) is 4.79 Å². The third-order valence-corrected chi connectivity index (χ3v) is 4.61. The summed E-state index contributed by atoms with van der Waals surface area (Å²) >= 11 is 2.14. The summed E-state index contributed by atoms with van der Waals surface area (Å²) in [4.78, 5) is 12.4. The highest BCUT2D eigenvalue weighted by Gasteiger charge is 2.13. The van der Waals surface area contributed by atoms with Gasteiger partial charge in [0, 0.05) is 14.8 Å². The van der Waals surface area contributed by atoms with E-state index in [0.29, 0.717) is 28.8 Å². The highest BCUT2D eigenvalue weighted by molar-refractivity contribution is 14.1. The molecule has 4 rings (SSSR count). The van der Waals surface area contributed by atoms with Gasteiger partial charge < -0.3 is 14.2 Å². The first-order valence-corrected chi connectivity index (χ1v) is 8.82. The Bertz CT molecular complexity index is 1040. The van der Waals surface area contributed by atoms with Gasteiger partial charge >= 0.3 is 0 Å². The molecule has 0 aliphatic heterocycles. The lowest BCUT2D eigenvalue weighted by atomic mass is 10.2. The maximum atomic E-state index is 12.4. The molecule has 0 radical (unpaired) electrons. The fraction of sp³-hybridized carbons (Fsp3) is 0. The first-order valence-electron chi connectivity index (χ1n) is 7.74. The topological polar surface area (TPSA) is 81.2 Å². The molecular weight excluding hydrogens is 445 g/mol. The van der Waals surface area contributed by atoms with E-state index in [-0.39, 0.29) is 5.91 Å². The van der Waals surface area contributed by atoms with E-state index in [4.69, 9.17) is 8.83 Å². The highest BCUT2D eigenvalue weighted by Crippen LogP contribution is 2.25. The Morgan fingerprint density at radius 1 is 0.923 bits per heavy atom. The van der Waals surface area contributed by atoms with Gasteiger partial charge in [-0.15, -0.1) is 10.2 Å². The highest BCUT2D eigenvalue weighted by atomic mass is 127. The monoisotopic (exact) mass is 457 g/mol. The molecule has 0 spiro atoms. The molecule has 0 bridgehead atoms. The predicted octanol–water partition coefficient (Wildman–Crippen LogP) is 4.85. The quantitative estimate of drug-likeness (QED) is 0.443. The van der Waals surface area contributed by atoms with Gasteiger partial charge in [0.05, 0.1) is 11.8 Å². The van der Waals surface area contributed by atoms with Gasteiger partial charge in [-0.1, -0.05) is 12.1 Å². The maximum absolute atomic E-state index is 12.4. The minimum atomic E-state index is -0.152. The van der Waals surface area contributed by atoms with Crippen LogP contribution in [0.1, 0.15) is 10.4 Å². The predicted molar refractivity (Wildman–Crippen MR) is 105 cm³/mol. The number of amides is 1. The molecule has 0 saturated carbocycles. The van der Waals surface area contributed by atoms with Crippen molar-refractivity contribution >= 4 is 34.2 Å². The Balaban J connectivity index is 1.50. The van der Waals surface area contributed by atoms with Crippen LogP contribution in [0.5, 0.6) is 0 Å². The van der Waals surface area contributed by atoms with Crippen molar-refractivity contribution in [2.24, 2.45) is 0 Å². The SMILES string of the molecule is O=C(Nc1ccc(-c2nnc(-c3ccco3)o2)cc1)c1ccccc1I. The molecule has 128 valence electrons. The summed E-state index contributed by atoms with van der Waals surface area (Å²) in [5.74, 6) is 1.07. The van der Waals surface area contributed by atoms with E-state index >= 15 is 0 Å². The molecule has 0 aliphatic carbocycles. The van der Waals surface area contributed by atoms with E-state index in [1.807, 2.05) is 30.3 Å². The molecule has 26 heavy (non-hydrogen) atoms. The summed E-state index contributed by atoms with van der Waals surface area (Å²) in [5, 5.41) is 10.9. The van der Waals surface area contributed by atoms with Gasteiger partial charge in [0.2, 0.25) is 5.89 Å². The zero-order valence-electron chi connectivity index (χ0n) is 13.3. The smallest absolute Gasteiger partial charge is 0.283 e. The maximum Gasteiger partial charge on any atom is 0.283 e. The average Bonchev–Trinajstić information content (AvgIpc) is 3.34. The molecule has 1 N–H and O–H groups in total. The molecule has 0 saturated heterocycles. The number of nitrogens with zero attached hydrogens (tertiary/aromatic N) is 2. The van der Waals surface area contributed by atoms with E-state index in [1.54, 1.807) is 36.6 Å². The number of aromatic nitrogens is 2. The second-order valence-corrected chi connectivity index (χ2v) is 6.56. The van der Waals surface area contributed by atoms with Crippen molar-refractivity contribution in [1.29, 1.82) is 0 Å². The molecule has 2 heterocycles. The van der Waals surface area contributed by atoms with Crippen molar-refractivity contribution in [3.05, 3.63) is 76.1 Å². The second-order valence-electron chi connectivity index (χ2n) is 5.40. The van der Waals surface area contributed by atoms with Gasteiger partial charge in [0.15, 0.2) is 5.76 Å². The minimum absolute atomic E-state index is 0.152. The summed E-state index contributed by atoms with van der Waals surface area (Å²) in [6.45, 7) is 0. The lowest BCUT2D eigenvalue weighted by Gasteiger charge is -2.07. The molecule has 7 heteroatoms. The molecule has 6 nitrogen and oxygen atoms in total. The minimum Gasteiger partial charge on any atom is -0.459 e. The molecule has 4 aromatic rings. The van der Waals surface area contributed by atoms with Gasteiger partial charge in [0.1, 0.15) is 0 Å². The van der Waals surface area contributed by atoms with Crippen LogP contribution in [0.3, 0.4) is 0 Å². The molecular formula is C19H12IN3O3. The number of hydrogen-bond donors (Lipinski definition) is 1. The van der Waals surface area contributed by atoms with E-state index in [2.05, 4.69) is 38.1 Å². The summed E-state index contributed by atoms with van der Waals surface area (Å²) in [5.41, 5.74) is 2.07. The normalized spacial score (nSPS) is 10.7. The van der Waals surface area contributed by atoms with Crippen LogP contribution in [-0.4, -0.2) is 16.1 Å². The molecule has 1 amide bonds. The van der Waals surface area contributed by atoms with Crippen molar-refractivity contribution in [1.82, 2.24) is 10.2 Å². The van der Waals surface area contributed by atoms with Crippen LogP contribution >= 0.6 is 22.6 Å². The van der Waals surface area contributed by atoms with Crippen LogP contribution in [-0.2, 0) is 0 Å². The summed E-state index contributed by atoms with van der Waals surface area (Å²) in [6.07, 6.45) is 1.55. The standard InChI is InChI=1S/C19H12IN3O3/c20-15-5-2-1-4-14(15)17(24)21-13-9-7-12(8-10-13)18-22-23-19(26-18)16-6-3-11-25-16/h1-11H,(H,21,24). The van der Waals surface area contributed by atoms with E-state index in [0.717, 1.165) is 9.13 Å². The van der Waals surface area contributed by atoms with E-state index < -0.39 is 0 Å². The second kappa shape index (κ2) is 7.12. The first kappa shape index (κ1) is 16.5. The number of anilines is 1. The number of nitrogens with one attached hydrogen (secondary N) is 1. The number of hydrogen-bond acceptors (Lipinski definition) is 5. The molecule has 0 atom stereocenters. The zero-order chi connectivity index (χ0) is 17.9. The van der Waals surface area contributed by atoms with E-state index in [1.165, 1.54) is 0 Å². The van der Waals surface area contributed by atoms with Crippen LogP contribution < -0.4 is 5.32 Å². The largest absolute Gasteiger partial charge is 0.459 e. The molecule has 0 aliphatic rings. The van der Waals surface area contributed by atoms with Crippen LogP contribution in [0.15, 0.2) is 75.8 Å². The van der Waals surface area contributed by atoms with Crippen molar-refractivity contribution in [2.45, 2.75) is 0 Å². The van der Waals surface area contributed by atoms with Gasteiger partial charge in [-0.2, -0.15) is 0 Å². The number of furan rings is 1. The summed E-state index contributed by atoms with van der Waals surface area (Å²) in [7, 11) is 0. The number of carbonyl (C=O) groups excluding carboxylic acids is 1. The van der Waals surface area contributed by atoms with Crippen LogP contribution in [0.4, 0.5) is 5.69 Å². The van der Waals surface area contributed by atoms with Gasteiger partial charge in [0.25, 0.3) is 11.8 Å². The van der Waals surface area contributed by atoms with Crippen LogP contribution in [0.25, 0.3) is 23.1 Å². The van der Waals surface area contributed by atoms with Crippen molar-refractivity contribution in [2.75, 3.05) is 5.32 Å². The molecule has 0 fully saturated rings. The Morgan fingerprint density at radius 2 is 1.69 bits per heavy atom. The van der Waals surface area contributed by atoms with Crippen molar-refractivity contribution in [3.63, 3.8) is 0 Å². The average molecular weight is 457 g/mol. The Labute approximate surface area is 162 Å². The first-order chi connectivity index (χ1) is 12.7. The fourth-order valence-electron chi connectivity index (χ4n) is 2.38. The number of rotatable bonds is 4. The van der Waals surface area contributed by atoms with Crippen molar-refractivity contribution < 1.29 is 13.6 Å². The third-order valence-electron chi connectivity index (χ3n) is 3.67. The lowest BCUT2D eigenvalue weighted by molar-refractivity contribution is 0.102. The van der Waals surface area contributed by atoms with Crippen LogP contribution in [0.2, 0.25) is 0 Å². The zero-order valence-corrected chi connectivity index (χ0v) is 15.5.